The van der Waals surface area contributed by atoms with Crippen molar-refractivity contribution in [3.05, 3.63) is 0 Å². The summed E-state index contributed by atoms with van der Waals surface area (Å²) < 4.78 is 5.66. The monoisotopic (exact) mass is 294 g/mol. The second-order valence-electron chi connectivity index (χ2n) is 6.66. The number of nitrogens with zero attached hydrogens (tertiary/aromatic N) is 1. The Hall–Kier alpha value is -0.940. The van der Waals surface area contributed by atoms with E-state index >= 15 is 0 Å². The molecule has 0 radical (unpaired) electrons. The van der Waals surface area contributed by atoms with Gasteiger partial charge in [-0.1, -0.05) is 19.3 Å². The van der Waals surface area contributed by atoms with Gasteiger partial charge in [0, 0.05) is 18.7 Å². The number of ether oxygens (including phenoxy) is 1. The molecule has 1 N–H and O–H groups in total. The van der Waals surface area contributed by atoms with Crippen LogP contribution < -0.4 is 5.32 Å². The molecule has 1 aliphatic carbocycles. The largest absolute Gasteiger partial charge is 0.377 e. The van der Waals surface area contributed by atoms with Gasteiger partial charge in [0.25, 0.3) is 0 Å². The first-order chi connectivity index (χ1) is 10.2. The molecule has 2 heterocycles. The number of nitrogens with one attached hydrogen (secondary N) is 1. The minimum atomic E-state index is -0.348. The standard InChI is InChI=1S/C16H26N2O3/c1-11(14-8-5-9-21-14)17-13-10-15(19)18(16(13)20)12-6-3-2-4-7-12/h11-14,17H,2-10H2,1H3. The number of hydrogen-bond acceptors (Lipinski definition) is 4. The van der Waals surface area contributed by atoms with Gasteiger partial charge in [-0.3, -0.25) is 14.5 Å². The van der Waals surface area contributed by atoms with Crippen molar-refractivity contribution in [3.8, 4) is 0 Å². The summed E-state index contributed by atoms with van der Waals surface area (Å²) in [5, 5.41) is 3.33. The highest BCUT2D eigenvalue weighted by atomic mass is 16.5. The molecule has 118 valence electrons. The first-order valence-electron chi connectivity index (χ1n) is 8.40. The Bertz CT molecular complexity index is 400. The number of amides is 2. The van der Waals surface area contributed by atoms with E-state index in [1.807, 2.05) is 0 Å². The Morgan fingerprint density at radius 2 is 1.90 bits per heavy atom. The summed E-state index contributed by atoms with van der Waals surface area (Å²) in [6.45, 7) is 2.86. The molecular formula is C16H26N2O3. The van der Waals surface area contributed by atoms with E-state index in [1.165, 1.54) is 6.42 Å². The second kappa shape index (κ2) is 6.44. The van der Waals surface area contributed by atoms with Crippen LogP contribution in [-0.4, -0.2) is 47.6 Å². The molecule has 5 heteroatoms. The SMILES string of the molecule is CC(NC1CC(=O)N(C2CCCCC2)C1=O)C1CCCO1. The van der Waals surface area contributed by atoms with Crippen LogP contribution >= 0.6 is 0 Å². The topological polar surface area (TPSA) is 58.6 Å². The van der Waals surface area contributed by atoms with Gasteiger partial charge in [-0.25, -0.2) is 0 Å². The third-order valence-electron chi connectivity index (χ3n) is 5.11. The van der Waals surface area contributed by atoms with Gasteiger partial charge in [0.2, 0.25) is 11.8 Å². The predicted octanol–water partition coefficient (Wildman–Crippen LogP) is 1.60. The van der Waals surface area contributed by atoms with E-state index in [-0.39, 0.29) is 36.0 Å². The molecule has 0 aromatic rings. The molecule has 3 atom stereocenters. The molecule has 2 amide bonds. The van der Waals surface area contributed by atoms with Gasteiger partial charge >= 0.3 is 0 Å². The minimum absolute atomic E-state index is 0.00365. The Morgan fingerprint density at radius 3 is 2.57 bits per heavy atom. The highest BCUT2D eigenvalue weighted by Crippen LogP contribution is 2.27. The third-order valence-corrected chi connectivity index (χ3v) is 5.11. The van der Waals surface area contributed by atoms with Gasteiger partial charge in [0.15, 0.2) is 0 Å². The maximum absolute atomic E-state index is 12.6. The number of likely N-dealkylation sites (tertiary alicyclic amines) is 1. The fraction of sp³-hybridized carbons (Fsp3) is 0.875. The van der Waals surface area contributed by atoms with Crippen LogP contribution in [0.25, 0.3) is 0 Å². The van der Waals surface area contributed by atoms with Crippen LogP contribution in [0.1, 0.15) is 58.3 Å². The Labute approximate surface area is 126 Å². The molecule has 2 saturated heterocycles. The molecule has 0 spiro atoms. The zero-order valence-corrected chi connectivity index (χ0v) is 12.8. The number of rotatable bonds is 4. The molecule has 1 saturated carbocycles. The summed E-state index contributed by atoms with van der Waals surface area (Å²) in [5.74, 6) is -0.0133. The molecule has 21 heavy (non-hydrogen) atoms. The molecule has 5 nitrogen and oxygen atoms in total. The molecular weight excluding hydrogens is 268 g/mol. The van der Waals surface area contributed by atoms with Crippen LogP contribution in [0.4, 0.5) is 0 Å². The molecule has 0 bridgehead atoms. The quantitative estimate of drug-likeness (QED) is 0.800. The van der Waals surface area contributed by atoms with Crippen LogP contribution in [0.2, 0.25) is 0 Å². The van der Waals surface area contributed by atoms with Crippen molar-refractivity contribution in [1.82, 2.24) is 10.2 Å². The summed E-state index contributed by atoms with van der Waals surface area (Å²) in [6, 6.07) is -0.0808. The van der Waals surface area contributed by atoms with E-state index in [0.717, 1.165) is 45.1 Å². The lowest BCUT2D eigenvalue weighted by Gasteiger charge is -2.30. The average Bonchev–Trinajstić information content (AvgIpc) is 3.09. The highest BCUT2D eigenvalue weighted by Gasteiger charge is 2.43. The van der Waals surface area contributed by atoms with Gasteiger partial charge in [-0.15, -0.1) is 0 Å². The van der Waals surface area contributed by atoms with Crippen molar-refractivity contribution in [1.29, 1.82) is 0 Å². The fourth-order valence-electron chi connectivity index (χ4n) is 3.93. The van der Waals surface area contributed by atoms with E-state index in [9.17, 15) is 9.59 Å². The van der Waals surface area contributed by atoms with Crippen molar-refractivity contribution in [2.75, 3.05) is 6.61 Å². The number of imide groups is 1. The minimum Gasteiger partial charge on any atom is -0.377 e. The van der Waals surface area contributed by atoms with Crippen molar-refractivity contribution in [3.63, 3.8) is 0 Å². The zero-order valence-electron chi connectivity index (χ0n) is 12.8. The molecule has 3 rings (SSSR count). The van der Waals surface area contributed by atoms with Crippen LogP contribution in [-0.2, 0) is 14.3 Å². The summed E-state index contributed by atoms with van der Waals surface area (Å²) in [4.78, 5) is 26.4. The van der Waals surface area contributed by atoms with E-state index in [0.29, 0.717) is 6.42 Å². The smallest absolute Gasteiger partial charge is 0.247 e. The molecule has 0 aromatic carbocycles. The van der Waals surface area contributed by atoms with E-state index < -0.39 is 0 Å². The van der Waals surface area contributed by atoms with E-state index in [4.69, 9.17) is 4.74 Å². The Balaban J connectivity index is 1.59. The van der Waals surface area contributed by atoms with Gasteiger partial charge < -0.3 is 10.1 Å². The molecule has 3 unspecified atom stereocenters. The maximum atomic E-state index is 12.6. The molecule has 0 aromatic heterocycles. The third kappa shape index (κ3) is 3.14. The lowest BCUT2D eigenvalue weighted by Crippen LogP contribution is -2.49. The van der Waals surface area contributed by atoms with Crippen LogP contribution in [0.15, 0.2) is 0 Å². The second-order valence-corrected chi connectivity index (χ2v) is 6.66. The van der Waals surface area contributed by atoms with Crippen molar-refractivity contribution < 1.29 is 14.3 Å². The van der Waals surface area contributed by atoms with Gasteiger partial charge in [0.05, 0.1) is 18.6 Å². The fourth-order valence-corrected chi connectivity index (χ4v) is 3.93. The average molecular weight is 294 g/mol. The summed E-state index contributed by atoms with van der Waals surface area (Å²) in [7, 11) is 0. The number of hydrogen-bond donors (Lipinski definition) is 1. The van der Waals surface area contributed by atoms with Gasteiger partial charge in [0.1, 0.15) is 0 Å². The summed E-state index contributed by atoms with van der Waals surface area (Å²) in [6.07, 6.45) is 8.06. The van der Waals surface area contributed by atoms with Crippen LogP contribution in [0.5, 0.6) is 0 Å². The van der Waals surface area contributed by atoms with Crippen molar-refractivity contribution >= 4 is 11.8 Å². The number of carbonyl (C=O) groups excluding carboxylic acids is 2. The molecule has 3 fully saturated rings. The van der Waals surface area contributed by atoms with Gasteiger partial charge in [-0.05, 0) is 32.6 Å². The first kappa shape index (κ1) is 15.0. The molecule has 3 aliphatic rings. The lowest BCUT2D eigenvalue weighted by atomic mass is 9.94. The van der Waals surface area contributed by atoms with E-state index in [1.54, 1.807) is 4.90 Å². The molecule has 2 aliphatic heterocycles. The summed E-state index contributed by atoms with van der Waals surface area (Å²) >= 11 is 0. The van der Waals surface area contributed by atoms with Gasteiger partial charge in [-0.2, -0.15) is 0 Å². The zero-order chi connectivity index (χ0) is 14.8. The van der Waals surface area contributed by atoms with E-state index in [2.05, 4.69) is 12.2 Å². The normalized spacial score (nSPS) is 32.9. The Kier molecular flexibility index (Phi) is 4.60. The van der Waals surface area contributed by atoms with Crippen LogP contribution in [0.3, 0.4) is 0 Å². The predicted molar refractivity (Wildman–Crippen MR) is 78.7 cm³/mol. The Morgan fingerprint density at radius 1 is 1.14 bits per heavy atom. The summed E-state index contributed by atoms with van der Waals surface area (Å²) in [5.41, 5.74) is 0. The maximum Gasteiger partial charge on any atom is 0.247 e. The lowest BCUT2D eigenvalue weighted by molar-refractivity contribution is -0.142. The highest BCUT2D eigenvalue weighted by molar-refractivity contribution is 6.05. The van der Waals surface area contributed by atoms with Crippen LogP contribution in [0, 0.1) is 0 Å². The van der Waals surface area contributed by atoms with Crippen molar-refractivity contribution in [2.24, 2.45) is 0 Å². The first-order valence-corrected chi connectivity index (χ1v) is 8.40. The van der Waals surface area contributed by atoms with Crippen molar-refractivity contribution in [2.45, 2.75) is 82.5 Å². The number of carbonyl (C=O) groups is 2.